The molecule has 6 heteroatoms. The van der Waals surface area contributed by atoms with Crippen LogP contribution in [0.1, 0.15) is 0 Å². The molecular formula is C37H20ClN3OS. The van der Waals surface area contributed by atoms with Crippen LogP contribution in [0.2, 0.25) is 5.02 Å². The van der Waals surface area contributed by atoms with Gasteiger partial charge in [0.25, 0.3) is 0 Å². The molecule has 202 valence electrons. The average molecular weight is 590 g/mol. The number of hydrogen-bond acceptors (Lipinski definition) is 3. The van der Waals surface area contributed by atoms with Crippen molar-refractivity contribution in [3.8, 4) is 10.8 Å². The summed E-state index contributed by atoms with van der Waals surface area (Å²) in [6.45, 7) is 0. The second kappa shape index (κ2) is 8.48. The molecule has 0 saturated heterocycles. The predicted octanol–water partition coefficient (Wildman–Crippen LogP) is 11.0. The van der Waals surface area contributed by atoms with Gasteiger partial charge >= 0.3 is 0 Å². The lowest BCUT2D eigenvalue weighted by Crippen LogP contribution is -1.98. The highest BCUT2D eigenvalue weighted by atomic mass is 35.5. The number of aromatic nitrogens is 3. The minimum absolute atomic E-state index is 0.690. The molecule has 0 N–H and O–H groups in total. The highest BCUT2D eigenvalue weighted by Crippen LogP contribution is 2.44. The van der Waals surface area contributed by atoms with Crippen molar-refractivity contribution in [2.75, 3.05) is 0 Å². The molecule has 0 radical (unpaired) electrons. The number of hydrogen-bond donors (Lipinski definition) is 0. The third-order valence-corrected chi connectivity index (χ3v) is 9.92. The van der Waals surface area contributed by atoms with E-state index >= 15 is 0 Å². The molecule has 4 nitrogen and oxygen atoms in total. The zero-order valence-corrected chi connectivity index (χ0v) is 24.2. The summed E-state index contributed by atoms with van der Waals surface area (Å²) in [7, 11) is 0. The van der Waals surface area contributed by atoms with E-state index in [1.54, 1.807) is 11.3 Å². The third kappa shape index (κ3) is 3.13. The molecule has 0 unspecified atom stereocenters. The fraction of sp³-hybridized carbons (Fsp3) is 0. The van der Waals surface area contributed by atoms with Crippen LogP contribution in [0.25, 0.3) is 86.6 Å². The van der Waals surface area contributed by atoms with Gasteiger partial charge in [-0.15, -0.1) is 0 Å². The van der Waals surface area contributed by atoms with E-state index < -0.39 is 0 Å². The zero-order valence-electron chi connectivity index (χ0n) is 22.6. The smallest absolute Gasteiger partial charge is 0.195 e. The molecule has 6 aromatic carbocycles. The van der Waals surface area contributed by atoms with E-state index in [4.69, 9.17) is 21.0 Å². The Morgan fingerprint density at radius 1 is 0.581 bits per heavy atom. The molecule has 0 atom stereocenters. The monoisotopic (exact) mass is 589 g/mol. The van der Waals surface area contributed by atoms with Gasteiger partial charge in [0, 0.05) is 43.0 Å². The quantitative estimate of drug-likeness (QED) is 0.201. The van der Waals surface area contributed by atoms with E-state index in [1.165, 1.54) is 32.6 Å². The predicted molar refractivity (Wildman–Crippen MR) is 181 cm³/mol. The first-order chi connectivity index (χ1) is 21.2. The number of benzene rings is 6. The fourth-order valence-electron chi connectivity index (χ4n) is 6.85. The van der Waals surface area contributed by atoms with Gasteiger partial charge in [-0.05, 0) is 54.6 Å². The van der Waals surface area contributed by atoms with Crippen LogP contribution in [-0.2, 0) is 0 Å². The van der Waals surface area contributed by atoms with Crippen molar-refractivity contribution in [2.24, 2.45) is 0 Å². The van der Waals surface area contributed by atoms with Gasteiger partial charge < -0.3 is 8.98 Å². The van der Waals surface area contributed by atoms with E-state index in [1.807, 2.05) is 24.3 Å². The van der Waals surface area contributed by atoms with Crippen LogP contribution in [-0.4, -0.2) is 14.1 Å². The van der Waals surface area contributed by atoms with E-state index in [0.717, 1.165) is 54.0 Å². The minimum atomic E-state index is 0.690. The Morgan fingerprint density at radius 3 is 2.00 bits per heavy atom. The molecule has 4 heterocycles. The first-order valence-electron chi connectivity index (χ1n) is 14.2. The molecule has 4 aromatic heterocycles. The van der Waals surface area contributed by atoms with Crippen molar-refractivity contribution < 1.29 is 4.42 Å². The maximum absolute atomic E-state index is 6.44. The Balaban J connectivity index is 1.41. The molecule has 10 aromatic rings. The second-order valence-electron chi connectivity index (χ2n) is 10.9. The van der Waals surface area contributed by atoms with Gasteiger partial charge in [-0.25, -0.2) is 4.98 Å². The number of furan rings is 1. The van der Waals surface area contributed by atoms with Crippen LogP contribution in [0.15, 0.2) is 126 Å². The summed E-state index contributed by atoms with van der Waals surface area (Å²) in [5.74, 6) is 0. The van der Waals surface area contributed by atoms with Crippen LogP contribution in [0, 0.1) is 0 Å². The van der Waals surface area contributed by atoms with Crippen LogP contribution in [0.3, 0.4) is 0 Å². The molecule has 0 aliphatic heterocycles. The first kappa shape index (κ1) is 23.5. The largest absolute Gasteiger partial charge is 0.456 e. The number of halogens is 1. The van der Waals surface area contributed by atoms with Crippen LogP contribution in [0.4, 0.5) is 0 Å². The summed E-state index contributed by atoms with van der Waals surface area (Å²) >= 11 is 8.13. The van der Waals surface area contributed by atoms with Gasteiger partial charge in [-0.2, -0.15) is 0 Å². The van der Waals surface area contributed by atoms with Crippen LogP contribution >= 0.6 is 22.9 Å². The number of thiazole rings is 1. The average Bonchev–Trinajstić information content (AvgIpc) is 3.79. The van der Waals surface area contributed by atoms with Crippen molar-refractivity contribution in [2.45, 2.75) is 0 Å². The van der Waals surface area contributed by atoms with E-state index in [9.17, 15) is 0 Å². The normalized spacial score (nSPS) is 12.3. The topological polar surface area (TPSA) is 35.9 Å². The highest BCUT2D eigenvalue weighted by Gasteiger charge is 2.23. The standard InChI is InChI=1S/C37H20ClN3OS/c38-21-14-18-31-27(20-21)33-32(42-31)19-17-28-36(33)43-37(39-28)41-30-13-7-5-11-24(30)26-16-15-25-23-10-4-6-12-29(23)40(34(25)35(26)41)22-8-2-1-3-9-22/h1-20H. The van der Waals surface area contributed by atoms with Crippen molar-refractivity contribution in [3.05, 3.63) is 126 Å². The summed E-state index contributed by atoms with van der Waals surface area (Å²) in [6.07, 6.45) is 0. The van der Waals surface area contributed by atoms with Crippen molar-refractivity contribution in [3.63, 3.8) is 0 Å². The van der Waals surface area contributed by atoms with Gasteiger partial charge in [-0.1, -0.05) is 89.7 Å². The van der Waals surface area contributed by atoms with Gasteiger partial charge in [0.2, 0.25) is 0 Å². The molecule has 0 aliphatic rings. The van der Waals surface area contributed by atoms with E-state index in [0.29, 0.717) is 5.02 Å². The summed E-state index contributed by atoms with van der Waals surface area (Å²) in [5.41, 5.74) is 8.37. The molecule has 0 bridgehead atoms. The summed E-state index contributed by atoms with van der Waals surface area (Å²) in [5, 5.41) is 8.53. The second-order valence-corrected chi connectivity index (χ2v) is 12.3. The van der Waals surface area contributed by atoms with E-state index in [2.05, 4.69) is 106 Å². The molecule has 0 saturated carbocycles. The maximum Gasteiger partial charge on any atom is 0.195 e. The Hall–Kier alpha value is -5.10. The lowest BCUT2D eigenvalue weighted by atomic mass is 10.1. The molecule has 0 amide bonds. The lowest BCUT2D eigenvalue weighted by molar-refractivity contribution is 0.669. The molecule has 10 rings (SSSR count). The van der Waals surface area contributed by atoms with Crippen LogP contribution < -0.4 is 0 Å². The molecule has 0 aliphatic carbocycles. The Morgan fingerprint density at radius 2 is 1.23 bits per heavy atom. The van der Waals surface area contributed by atoms with Crippen LogP contribution in [0.5, 0.6) is 0 Å². The SMILES string of the molecule is Clc1ccc2oc3ccc4nc(-n5c6ccccc6c6ccc7c8ccccc8n(-c8ccccc8)c7c65)sc4c3c2c1. The minimum Gasteiger partial charge on any atom is -0.456 e. The van der Waals surface area contributed by atoms with Gasteiger partial charge in [0.05, 0.1) is 32.3 Å². The Kier molecular flexibility index (Phi) is 4.63. The highest BCUT2D eigenvalue weighted by molar-refractivity contribution is 7.22. The number of nitrogens with zero attached hydrogens (tertiary/aromatic N) is 3. The third-order valence-electron chi connectivity index (χ3n) is 8.61. The molecule has 0 fully saturated rings. The van der Waals surface area contributed by atoms with Crippen molar-refractivity contribution in [1.82, 2.24) is 14.1 Å². The summed E-state index contributed by atoms with van der Waals surface area (Å²) in [6, 6.07) is 42.4. The number of rotatable bonds is 2. The maximum atomic E-state index is 6.44. The van der Waals surface area contributed by atoms with Gasteiger partial charge in [0.15, 0.2) is 5.13 Å². The summed E-state index contributed by atoms with van der Waals surface area (Å²) < 4.78 is 12.1. The Bertz CT molecular complexity index is 2750. The number of para-hydroxylation sites is 3. The fourth-order valence-corrected chi connectivity index (χ4v) is 8.16. The van der Waals surface area contributed by atoms with Crippen molar-refractivity contribution in [1.29, 1.82) is 0 Å². The molecule has 43 heavy (non-hydrogen) atoms. The van der Waals surface area contributed by atoms with E-state index in [-0.39, 0.29) is 0 Å². The molecular weight excluding hydrogens is 570 g/mol. The summed E-state index contributed by atoms with van der Waals surface area (Å²) in [4.78, 5) is 5.28. The zero-order chi connectivity index (χ0) is 28.2. The van der Waals surface area contributed by atoms with Crippen molar-refractivity contribution >= 4 is 98.7 Å². The Labute approximate surface area is 253 Å². The lowest BCUT2D eigenvalue weighted by Gasteiger charge is -2.10. The first-order valence-corrected chi connectivity index (χ1v) is 15.4. The van der Waals surface area contributed by atoms with Gasteiger partial charge in [0.1, 0.15) is 11.2 Å². The van der Waals surface area contributed by atoms with Gasteiger partial charge in [-0.3, -0.25) is 4.57 Å². The number of fused-ring (bicyclic) bond motifs is 12. The molecule has 0 spiro atoms.